The summed E-state index contributed by atoms with van der Waals surface area (Å²) in [4.78, 5) is 14.3. The van der Waals surface area contributed by atoms with E-state index in [1.54, 1.807) is 24.1 Å². The van der Waals surface area contributed by atoms with Gasteiger partial charge in [-0.25, -0.2) is 8.42 Å². The summed E-state index contributed by atoms with van der Waals surface area (Å²) in [6, 6.07) is 5.42. The molecule has 1 aliphatic rings. The van der Waals surface area contributed by atoms with Crippen LogP contribution in [0.25, 0.3) is 0 Å². The maximum absolute atomic E-state index is 12.9. The molecule has 1 aromatic carbocycles. The molecule has 0 atom stereocenters. The van der Waals surface area contributed by atoms with Crippen LogP contribution >= 0.6 is 0 Å². The van der Waals surface area contributed by atoms with Gasteiger partial charge in [-0.2, -0.15) is 9.40 Å². The Morgan fingerprint density at radius 3 is 2.50 bits per heavy atom. The van der Waals surface area contributed by atoms with E-state index in [1.807, 2.05) is 19.1 Å². The molecule has 1 aliphatic heterocycles. The number of aromatic nitrogens is 2. The highest BCUT2D eigenvalue weighted by Crippen LogP contribution is 2.22. The van der Waals surface area contributed by atoms with Crippen LogP contribution in [0.5, 0.6) is 0 Å². The summed E-state index contributed by atoms with van der Waals surface area (Å²) in [5.41, 5.74) is 2.13. The van der Waals surface area contributed by atoms with Crippen LogP contribution in [0.2, 0.25) is 0 Å². The largest absolute Gasteiger partial charge is 0.336 e. The van der Waals surface area contributed by atoms with Crippen LogP contribution in [0.3, 0.4) is 0 Å². The minimum Gasteiger partial charge on any atom is -0.336 e. The van der Waals surface area contributed by atoms with Gasteiger partial charge < -0.3 is 4.90 Å². The predicted molar refractivity (Wildman–Crippen MR) is 89.2 cm³/mol. The highest BCUT2D eigenvalue weighted by molar-refractivity contribution is 7.89. The van der Waals surface area contributed by atoms with Crippen LogP contribution in [0, 0.1) is 13.8 Å². The summed E-state index contributed by atoms with van der Waals surface area (Å²) < 4.78 is 27.2. The molecule has 1 saturated heterocycles. The summed E-state index contributed by atoms with van der Waals surface area (Å²) in [6.07, 6.45) is 3.02. The molecule has 24 heavy (non-hydrogen) atoms. The maximum Gasteiger partial charge on any atom is 0.257 e. The molecule has 0 saturated carbocycles. The van der Waals surface area contributed by atoms with Crippen molar-refractivity contribution in [3.8, 4) is 0 Å². The molecule has 3 rings (SSSR count). The molecule has 0 aliphatic carbocycles. The van der Waals surface area contributed by atoms with E-state index in [2.05, 4.69) is 10.2 Å². The Labute approximate surface area is 141 Å². The van der Waals surface area contributed by atoms with Gasteiger partial charge in [0.2, 0.25) is 10.0 Å². The first kappa shape index (κ1) is 16.7. The predicted octanol–water partition coefficient (Wildman–Crippen LogP) is 1.17. The van der Waals surface area contributed by atoms with Gasteiger partial charge in [-0.05, 0) is 31.0 Å². The van der Waals surface area contributed by atoms with Gasteiger partial charge in [0.1, 0.15) is 0 Å². The van der Waals surface area contributed by atoms with E-state index in [0.29, 0.717) is 36.6 Å². The molecular formula is C16H20N4O3S. The lowest BCUT2D eigenvalue weighted by Crippen LogP contribution is -2.50. The van der Waals surface area contributed by atoms with Crippen molar-refractivity contribution in [3.63, 3.8) is 0 Å². The van der Waals surface area contributed by atoms with E-state index in [4.69, 9.17) is 0 Å². The first-order valence-corrected chi connectivity index (χ1v) is 9.19. The third kappa shape index (κ3) is 3.07. The molecule has 1 fully saturated rings. The number of rotatable bonds is 3. The molecule has 0 radical (unpaired) electrons. The van der Waals surface area contributed by atoms with Crippen LogP contribution < -0.4 is 0 Å². The lowest BCUT2D eigenvalue weighted by atomic mass is 10.2. The normalized spacial score (nSPS) is 16.3. The number of piperazine rings is 1. The summed E-state index contributed by atoms with van der Waals surface area (Å²) in [6.45, 7) is 4.99. The second-order valence-electron chi connectivity index (χ2n) is 5.95. The standard InChI is InChI=1S/C16H20N4O3S/c1-12-3-4-13(2)15(9-12)24(22,23)20-7-5-19(6-8-20)16(21)14-10-17-18-11-14/h3-4,9-11H,5-8H2,1-2H3,(H,17,18). The number of aryl methyl sites for hydroxylation is 2. The molecule has 2 heterocycles. The average Bonchev–Trinajstić information content (AvgIpc) is 3.11. The number of aromatic amines is 1. The summed E-state index contributed by atoms with van der Waals surface area (Å²) in [5.74, 6) is -0.132. The molecular weight excluding hydrogens is 328 g/mol. The minimum absolute atomic E-state index is 0.132. The zero-order valence-corrected chi connectivity index (χ0v) is 14.5. The topological polar surface area (TPSA) is 86.4 Å². The van der Waals surface area contributed by atoms with Crippen molar-refractivity contribution in [2.75, 3.05) is 26.2 Å². The number of sulfonamides is 1. The minimum atomic E-state index is -3.54. The third-order valence-electron chi connectivity index (χ3n) is 4.23. The van der Waals surface area contributed by atoms with Crippen LogP contribution in [0.15, 0.2) is 35.5 Å². The van der Waals surface area contributed by atoms with Gasteiger partial charge >= 0.3 is 0 Å². The fourth-order valence-corrected chi connectivity index (χ4v) is 4.54. The van der Waals surface area contributed by atoms with Gasteiger partial charge in [0.25, 0.3) is 5.91 Å². The zero-order chi connectivity index (χ0) is 17.3. The number of carbonyl (C=O) groups is 1. The lowest BCUT2D eigenvalue weighted by Gasteiger charge is -2.34. The second-order valence-corrected chi connectivity index (χ2v) is 7.86. The molecule has 1 amide bonds. The first-order chi connectivity index (χ1) is 11.4. The molecule has 7 nitrogen and oxygen atoms in total. The Kier molecular flexibility index (Phi) is 4.42. The Hall–Kier alpha value is -2.19. The van der Waals surface area contributed by atoms with Gasteiger partial charge in [-0.15, -0.1) is 0 Å². The number of nitrogens with one attached hydrogen (secondary N) is 1. The number of hydrogen-bond donors (Lipinski definition) is 1. The lowest BCUT2D eigenvalue weighted by molar-refractivity contribution is 0.0698. The maximum atomic E-state index is 12.9. The monoisotopic (exact) mass is 348 g/mol. The van der Waals surface area contributed by atoms with E-state index < -0.39 is 10.0 Å². The van der Waals surface area contributed by atoms with Gasteiger partial charge in [-0.1, -0.05) is 12.1 Å². The Morgan fingerprint density at radius 1 is 1.17 bits per heavy atom. The van der Waals surface area contributed by atoms with Crippen molar-refractivity contribution < 1.29 is 13.2 Å². The van der Waals surface area contributed by atoms with E-state index in [9.17, 15) is 13.2 Å². The third-order valence-corrected chi connectivity index (χ3v) is 6.27. The second kappa shape index (κ2) is 6.37. The molecule has 128 valence electrons. The molecule has 1 N–H and O–H groups in total. The molecule has 0 unspecified atom stereocenters. The highest BCUT2D eigenvalue weighted by Gasteiger charge is 2.31. The number of H-pyrrole nitrogens is 1. The Bertz CT molecular complexity index is 838. The van der Waals surface area contributed by atoms with Crippen LogP contribution in [-0.2, 0) is 10.0 Å². The van der Waals surface area contributed by atoms with Crippen molar-refractivity contribution >= 4 is 15.9 Å². The van der Waals surface area contributed by atoms with Crippen molar-refractivity contribution in [3.05, 3.63) is 47.3 Å². The van der Waals surface area contributed by atoms with Gasteiger partial charge in [-0.3, -0.25) is 9.89 Å². The molecule has 2 aromatic rings. The quantitative estimate of drug-likeness (QED) is 0.902. The molecule has 1 aromatic heterocycles. The fourth-order valence-electron chi connectivity index (χ4n) is 2.81. The number of carbonyl (C=O) groups excluding carboxylic acids is 1. The first-order valence-electron chi connectivity index (χ1n) is 7.75. The fraction of sp³-hybridized carbons (Fsp3) is 0.375. The molecule has 8 heteroatoms. The van der Waals surface area contributed by atoms with Crippen LogP contribution in [-0.4, -0.2) is 59.9 Å². The van der Waals surface area contributed by atoms with Crippen LogP contribution in [0.1, 0.15) is 21.5 Å². The van der Waals surface area contributed by atoms with E-state index in [-0.39, 0.29) is 5.91 Å². The Balaban J connectivity index is 1.74. The van der Waals surface area contributed by atoms with Crippen LogP contribution in [0.4, 0.5) is 0 Å². The number of nitrogens with zero attached hydrogens (tertiary/aromatic N) is 3. The van der Waals surface area contributed by atoms with Gasteiger partial charge in [0.15, 0.2) is 0 Å². The smallest absolute Gasteiger partial charge is 0.257 e. The average molecular weight is 348 g/mol. The summed E-state index contributed by atoms with van der Waals surface area (Å²) in [5, 5.41) is 6.38. The summed E-state index contributed by atoms with van der Waals surface area (Å²) in [7, 11) is -3.54. The zero-order valence-electron chi connectivity index (χ0n) is 13.7. The van der Waals surface area contributed by atoms with E-state index >= 15 is 0 Å². The van der Waals surface area contributed by atoms with Crippen molar-refractivity contribution in [1.82, 2.24) is 19.4 Å². The molecule has 0 bridgehead atoms. The van der Waals surface area contributed by atoms with E-state index in [0.717, 1.165) is 11.1 Å². The van der Waals surface area contributed by atoms with E-state index in [1.165, 1.54) is 10.5 Å². The van der Waals surface area contributed by atoms with Gasteiger partial charge in [0, 0.05) is 32.4 Å². The molecule has 0 spiro atoms. The van der Waals surface area contributed by atoms with Crippen molar-refractivity contribution in [1.29, 1.82) is 0 Å². The van der Waals surface area contributed by atoms with Crippen molar-refractivity contribution in [2.45, 2.75) is 18.7 Å². The van der Waals surface area contributed by atoms with Crippen molar-refractivity contribution in [2.24, 2.45) is 0 Å². The van der Waals surface area contributed by atoms with Gasteiger partial charge in [0.05, 0.1) is 16.7 Å². The highest BCUT2D eigenvalue weighted by atomic mass is 32.2. The number of amides is 1. The Morgan fingerprint density at radius 2 is 1.88 bits per heavy atom. The number of benzene rings is 1. The summed E-state index contributed by atoms with van der Waals surface area (Å²) >= 11 is 0. The number of hydrogen-bond acceptors (Lipinski definition) is 4. The SMILES string of the molecule is Cc1ccc(C)c(S(=O)(=O)N2CCN(C(=O)c3cn[nH]c3)CC2)c1.